The van der Waals surface area contributed by atoms with Gasteiger partial charge in [0, 0.05) is 7.11 Å². The molecule has 4 nitrogen and oxygen atoms in total. The van der Waals surface area contributed by atoms with Gasteiger partial charge in [0.2, 0.25) is 0 Å². The van der Waals surface area contributed by atoms with E-state index in [9.17, 15) is 0 Å². The highest BCUT2D eigenvalue weighted by atomic mass is 28.4. The summed E-state index contributed by atoms with van der Waals surface area (Å²) in [7, 11) is -0.207. The monoisotopic (exact) mass is 347 g/mol. The van der Waals surface area contributed by atoms with Gasteiger partial charge in [0.25, 0.3) is 5.97 Å². The zero-order valence-electron chi connectivity index (χ0n) is 15.7. The van der Waals surface area contributed by atoms with Crippen molar-refractivity contribution in [2.45, 2.75) is 64.8 Å². The zero-order chi connectivity index (χ0) is 18.0. The van der Waals surface area contributed by atoms with Crippen LogP contribution in [-0.4, -0.2) is 21.4 Å². The Bertz CT molecular complexity index is 596. The molecule has 1 fully saturated rings. The number of hydrogen-bond donors (Lipinski definition) is 0. The molecule has 1 aliphatic rings. The molecular formula is C19H29NO3Si. The fourth-order valence-electron chi connectivity index (χ4n) is 3.53. The minimum atomic E-state index is -1.87. The molecule has 0 N–H and O–H groups in total. The molecule has 1 aliphatic heterocycles. The minimum Gasteiger partial charge on any atom is -0.368 e. The smallest absolute Gasteiger partial charge is 0.282 e. The van der Waals surface area contributed by atoms with Gasteiger partial charge in [0.15, 0.2) is 8.32 Å². The van der Waals surface area contributed by atoms with Gasteiger partial charge < -0.3 is 13.9 Å². The summed E-state index contributed by atoms with van der Waals surface area (Å²) in [6.45, 7) is 10.9. The minimum absolute atomic E-state index is 0.109. The Labute approximate surface area is 146 Å². The molecule has 1 heterocycles. The summed E-state index contributed by atoms with van der Waals surface area (Å²) in [6, 6.07) is 12.8. The van der Waals surface area contributed by atoms with E-state index in [-0.39, 0.29) is 11.5 Å². The Kier molecular flexibility index (Phi) is 5.56. The van der Waals surface area contributed by atoms with Crippen LogP contribution in [0.2, 0.25) is 18.1 Å². The first-order chi connectivity index (χ1) is 11.3. The first kappa shape index (κ1) is 19.1. The van der Waals surface area contributed by atoms with Crippen LogP contribution in [0.4, 0.5) is 0 Å². The van der Waals surface area contributed by atoms with Crippen molar-refractivity contribution in [1.29, 1.82) is 5.26 Å². The van der Waals surface area contributed by atoms with Crippen LogP contribution in [0.5, 0.6) is 0 Å². The van der Waals surface area contributed by atoms with Crippen molar-refractivity contribution in [1.82, 2.24) is 0 Å². The number of methoxy groups -OCH3 is 1. The van der Waals surface area contributed by atoms with Crippen LogP contribution < -0.4 is 0 Å². The van der Waals surface area contributed by atoms with E-state index < -0.39 is 14.3 Å². The first-order valence-electron chi connectivity index (χ1n) is 8.76. The molecule has 5 heteroatoms. The summed E-state index contributed by atoms with van der Waals surface area (Å²) in [5, 5.41) is 8.95. The molecule has 0 aromatic heterocycles. The van der Waals surface area contributed by atoms with Crippen molar-refractivity contribution >= 4 is 8.32 Å². The van der Waals surface area contributed by atoms with Crippen molar-refractivity contribution < 1.29 is 13.9 Å². The Hall–Kier alpha value is -1.19. The van der Waals surface area contributed by atoms with Gasteiger partial charge in [0.05, 0.1) is 17.0 Å². The Balaban J connectivity index is 2.27. The van der Waals surface area contributed by atoms with Crippen LogP contribution >= 0.6 is 0 Å². The molecular weight excluding hydrogens is 318 g/mol. The van der Waals surface area contributed by atoms with Crippen LogP contribution in [0.25, 0.3) is 0 Å². The lowest BCUT2D eigenvalue weighted by Crippen LogP contribution is -2.68. The molecule has 24 heavy (non-hydrogen) atoms. The number of benzene rings is 1. The van der Waals surface area contributed by atoms with E-state index in [1.54, 1.807) is 7.11 Å². The average molecular weight is 348 g/mol. The fraction of sp³-hybridized carbons (Fsp3) is 0.632. The molecule has 0 amide bonds. The molecule has 1 aromatic carbocycles. The predicted octanol–water partition coefficient (Wildman–Crippen LogP) is 4.98. The van der Waals surface area contributed by atoms with Gasteiger partial charge in [-0.2, -0.15) is 5.26 Å². The molecule has 0 spiro atoms. The standard InChI is InChI=1S/C19H29NO3Si/c1-7-24(8-2,9-3)23-19(21-6)18(4,5)17(22-19)16-12-10-15(14-20)11-13-16/h10-13,17H,7-9H2,1-6H3. The third-order valence-corrected chi connectivity index (χ3v) is 10.2. The largest absolute Gasteiger partial charge is 0.368 e. The van der Waals surface area contributed by atoms with Gasteiger partial charge in [-0.1, -0.05) is 32.9 Å². The van der Waals surface area contributed by atoms with Gasteiger partial charge in [-0.3, -0.25) is 0 Å². The zero-order valence-corrected chi connectivity index (χ0v) is 16.7. The second-order valence-electron chi connectivity index (χ2n) is 7.06. The normalized spacial score (nSPS) is 25.8. The highest BCUT2D eigenvalue weighted by Crippen LogP contribution is 2.60. The molecule has 0 saturated carbocycles. The highest BCUT2D eigenvalue weighted by molar-refractivity contribution is 6.73. The Morgan fingerprint density at radius 3 is 2.04 bits per heavy atom. The topological polar surface area (TPSA) is 51.5 Å². The molecule has 2 atom stereocenters. The van der Waals surface area contributed by atoms with Crippen LogP contribution in [0.3, 0.4) is 0 Å². The number of rotatable bonds is 7. The van der Waals surface area contributed by atoms with Crippen LogP contribution in [0.15, 0.2) is 24.3 Å². The molecule has 2 rings (SSSR count). The Morgan fingerprint density at radius 2 is 1.67 bits per heavy atom. The molecule has 0 aliphatic carbocycles. The number of nitriles is 1. The molecule has 0 radical (unpaired) electrons. The van der Waals surface area contributed by atoms with E-state index in [4.69, 9.17) is 19.2 Å². The van der Waals surface area contributed by atoms with Gasteiger partial charge in [-0.15, -0.1) is 0 Å². The molecule has 132 valence electrons. The van der Waals surface area contributed by atoms with E-state index in [0.717, 1.165) is 23.7 Å². The average Bonchev–Trinajstić information content (AvgIpc) is 2.62. The van der Waals surface area contributed by atoms with Gasteiger partial charge in [0.1, 0.15) is 6.10 Å². The summed E-state index contributed by atoms with van der Waals surface area (Å²) >= 11 is 0. The third kappa shape index (κ3) is 2.93. The van der Waals surface area contributed by atoms with Gasteiger partial charge in [-0.25, -0.2) is 0 Å². The number of ether oxygens (including phenoxy) is 2. The summed E-state index contributed by atoms with van der Waals surface area (Å²) in [6.07, 6.45) is -0.109. The van der Waals surface area contributed by atoms with Crippen LogP contribution in [0.1, 0.15) is 51.8 Å². The third-order valence-electron chi connectivity index (χ3n) is 5.61. The summed E-state index contributed by atoms with van der Waals surface area (Å²) in [5.41, 5.74) is 1.39. The van der Waals surface area contributed by atoms with E-state index in [1.165, 1.54) is 0 Å². The first-order valence-corrected chi connectivity index (χ1v) is 11.3. The van der Waals surface area contributed by atoms with Crippen molar-refractivity contribution in [2.75, 3.05) is 7.11 Å². The lowest BCUT2D eigenvalue weighted by atomic mass is 9.74. The van der Waals surface area contributed by atoms with E-state index >= 15 is 0 Å². The van der Waals surface area contributed by atoms with Gasteiger partial charge in [-0.05, 0) is 49.7 Å². The summed E-state index contributed by atoms with van der Waals surface area (Å²) < 4.78 is 18.6. The van der Waals surface area contributed by atoms with E-state index in [2.05, 4.69) is 40.7 Å². The highest BCUT2D eigenvalue weighted by Gasteiger charge is 2.66. The summed E-state index contributed by atoms with van der Waals surface area (Å²) in [4.78, 5) is 0. The SMILES string of the molecule is CC[Si](CC)(CC)OC1(OC)OC(c2ccc(C#N)cc2)C1(C)C. The van der Waals surface area contributed by atoms with Crippen LogP contribution in [0, 0.1) is 16.7 Å². The quantitative estimate of drug-likeness (QED) is 0.516. The van der Waals surface area contributed by atoms with Crippen molar-refractivity contribution in [3.63, 3.8) is 0 Å². The molecule has 2 unspecified atom stereocenters. The molecule has 1 saturated heterocycles. The van der Waals surface area contributed by atoms with Crippen molar-refractivity contribution in [3.8, 4) is 6.07 Å². The summed E-state index contributed by atoms with van der Waals surface area (Å²) in [5.74, 6) is -0.986. The van der Waals surface area contributed by atoms with Crippen molar-refractivity contribution in [3.05, 3.63) is 35.4 Å². The predicted molar refractivity (Wildman–Crippen MR) is 96.8 cm³/mol. The fourth-order valence-corrected chi connectivity index (χ4v) is 6.43. The van der Waals surface area contributed by atoms with Crippen LogP contribution in [-0.2, 0) is 13.9 Å². The number of nitrogens with zero attached hydrogens (tertiary/aromatic N) is 1. The molecule has 1 aromatic rings. The second kappa shape index (κ2) is 6.97. The maximum Gasteiger partial charge on any atom is 0.282 e. The number of hydrogen-bond acceptors (Lipinski definition) is 4. The Morgan fingerprint density at radius 1 is 1.12 bits per heavy atom. The maximum absolute atomic E-state index is 8.95. The van der Waals surface area contributed by atoms with Gasteiger partial charge >= 0.3 is 0 Å². The maximum atomic E-state index is 8.95. The molecule has 0 bridgehead atoms. The second-order valence-corrected chi connectivity index (χ2v) is 11.8. The lowest BCUT2D eigenvalue weighted by molar-refractivity contribution is -0.499. The van der Waals surface area contributed by atoms with Crippen molar-refractivity contribution in [2.24, 2.45) is 5.41 Å². The van der Waals surface area contributed by atoms with E-state index in [0.29, 0.717) is 5.56 Å². The lowest BCUT2D eigenvalue weighted by Gasteiger charge is -2.60. The van der Waals surface area contributed by atoms with E-state index in [1.807, 2.05) is 24.3 Å².